The van der Waals surface area contributed by atoms with E-state index >= 15 is 0 Å². The van der Waals surface area contributed by atoms with Crippen molar-refractivity contribution in [1.29, 1.82) is 0 Å². The molecule has 9 heteroatoms. The summed E-state index contributed by atoms with van der Waals surface area (Å²) in [7, 11) is 5.35. The van der Waals surface area contributed by atoms with Crippen LogP contribution in [0, 0.1) is 0 Å². The molecular weight excluding hydrogens is 394 g/mol. The van der Waals surface area contributed by atoms with Gasteiger partial charge in [-0.1, -0.05) is 30.3 Å². The van der Waals surface area contributed by atoms with Gasteiger partial charge in [-0.15, -0.1) is 0 Å². The minimum absolute atomic E-state index is 0.336. The predicted octanol–water partition coefficient (Wildman–Crippen LogP) is 3.40. The fraction of sp³-hybridized carbons (Fsp3) is 0.273. The van der Waals surface area contributed by atoms with Crippen molar-refractivity contribution in [2.45, 2.75) is 13.5 Å². The average molecular weight is 422 g/mol. The van der Waals surface area contributed by atoms with E-state index in [-0.39, 0.29) is 0 Å². The van der Waals surface area contributed by atoms with E-state index in [0.717, 1.165) is 11.1 Å². The van der Waals surface area contributed by atoms with Crippen LogP contribution in [0.15, 0.2) is 53.6 Å². The van der Waals surface area contributed by atoms with Gasteiger partial charge in [0.25, 0.3) is 0 Å². The third-order valence-corrected chi connectivity index (χ3v) is 4.18. The van der Waals surface area contributed by atoms with Gasteiger partial charge in [0.1, 0.15) is 0 Å². The number of methoxy groups -OCH3 is 1. The van der Waals surface area contributed by atoms with E-state index < -0.39 is 0 Å². The van der Waals surface area contributed by atoms with Crippen molar-refractivity contribution in [3.8, 4) is 11.5 Å². The highest BCUT2D eigenvalue weighted by molar-refractivity contribution is 5.81. The van der Waals surface area contributed by atoms with Crippen LogP contribution in [0.5, 0.6) is 11.5 Å². The first-order chi connectivity index (χ1) is 15.1. The van der Waals surface area contributed by atoms with Gasteiger partial charge in [0.2, 0.25) is 17.8 Å². The first-order valence-electron chi connectivity index (χ1n) is 9.90. The molecule has 0 radical (unpaired) electrons. The zero-order chi connectivity index (χ0) is 22.1. The molecule has 0 saturated carbocycles. The first-order valence-corrected chi connectivity index (χ1v) is 9.90. The molecule has 0 saturated heterocycles. The predicted molar refractivity (Wildman–Crippen MR) is 123 cm³/mol. The lowest BCUT2D eigenvalue weighted by atomic mass is 10.2. The Labute approximate surface area is 182 Å². The smallest absolute Gasteiger partial charge is 0.250 e. The van der Waals surface area contributed by atoms with Gasteiger partial charge in [0.05, 0.1) is 19.9 Å². The minimum Gasteiger partial charge on any atom is -0.493 e. The molecule has 2 aromatic carbocycles. The normalized spacial score (nSPS) is 10.7. The summed E-state index contributed by atoms with van der Waals surface area (Å²) in [4.78, 5) is 15.0. The number of nitrogens with one attached hydrogen (secondary N) is 2. The van der Waals surface area contributed by atoms with Crippen LogP contribution >= 0.6 is 0 Å². The van der Waals surface area contributed by atoms with Gasteiger partial charge in [-0.2, -0.15) is 20.1 Å². The Bertz CT molecular complexity index is 1010. The van der Waals surface area contributed by atoms with E-state index in [2.05, 4.69) is 30.8 Å². The molecule has 2 N–H and O–H groups in total. The summed E-state index contributed by atoms with van der Waals surface area (Å²) in [6.07, 6.45) is 1.66. The quantitative estimate of drug-likeness (QED) is 0.380. The second kappa shape index (κ2) is 10.8. The highest BCUT2D eigenvalue weighted by Gasteiger charge is 2.08. The highest BCUT2D eigenvalue weighted by atomic mass is 16.5. The number of hydrazone groups is 1. The van der Waals surface area contributed by atoms with E-state index in [1.807, 2.05) is 74.4 Å². The van der Waals surface area contributed by atoms with E-state index in [0.29, 0.717) is 42.5 Å². The van der Waals surface area contributed by atoms with Crippen LogP contribution in [0.3, 0.4) is 0 Å². The summed E-state index contributed by atoms with van der Waals surface area (Å²) >= 11 is 0. The summed E-state index contributed by atoms with van der Waals surface area (Å²) in [5.41, 5.74) is 4.85. The molecule has 0 fully saturated rings. The summed E-state index contributed by atoms with van der Waals surface area (Å²) < 4.78 is 10.9. The minimum atomic E-state index is 0.336. The zero-order valence-corrected chi connectivity index (χ0v) is 18.2. The van der Waals surface area contributed by atoms with E-state index in [1.165, 1.54) is 0 Å². The van der Waals surface area contributed by atoms with Crippen molar-refractivity contribution >= 4 is 24.1 Å². The third-order valence-electron chi connectivity index (χ3n) is 4.18. The van der Waals surface area contributed by atoms with Gasteiger partial charge < -0.3 is 19.7 Å². The largest absolute Gasteiger partial charge is 0.493 e. The Morgan fingerprint density at radius 1 is 1.00 bits per heavy atom. The molecule has 31 heavy (non-hydrogen) atoms. The zero-order valence-electron chi connectivity index (χ0n) is 18.2. The number of nitrogens with zero attached hydrogens (tertiary/aromatic N) is 5. The van der Waals surface area contributed by atoms with Crippen molar-refractivity contribution in [3.05, 3.63) is 59.7 Å². The molecule has 3 aromatic rings. The fourth-order valence-electron chi connectivity index (χ4n) is 2.67. The number of hydrogen-bond donors (Lipinski definition) is 2. The van der Waals surface area contributed by atoms with Gasteiger partial charge >= 0.3 is 0 Å². The summed E-state index contributed by atoms with van der Waals surface area (Å²) in [5, 5.41) is 7.48. The molecule has 1 aromatic heterocycles. The van der Waals surface area contributed by atoms with Crippen molar-refractivity contribution < 1.29 is 9.47 Å². The first kappa shape index (κ1) is 21.8. The molecule has 0 aliphatic carbocycles. The molecular formula is C22H27N7O2. The molecule has 1 heterocycles. The lowest BCUT2D eigenvalue weighted by Gasteiger charge is -2.13. The summed E-state index contributed by atoms with van der Waals surface area (Å²) in [6.45, 7) is 3.10. The highest BCUT2D eigenvalue weighted by Crippen LogP contribution is 2.27. The van der Waals surface area contributed by atoms with Gasteiger partial charge in [-0.25, -0.2) is 5.43 Å². The lowest BCUT2D eigenvalue weighted by Crippen LogP contribution is -2.16. The molecule has 0 aliphatic heterocycles. The number of aromatic nitrogens is 3. The molecule has 162 valence electrons. The molecule has 0 atom stereocenters. The van der Waals surface area contributed by atoms with E-state index in [9.17, 15) is 0 Å². The SMILES string of the molecule is CCOc1ccc(/C=N/Nc2nc(NCc3ccccc3)nc(N(C)C)n2)cc1OC. The van der Waals surface area contributed by atoms with Crippen LogP contribution in [-0.2, 0) is 6.54 Å². The number of rotatable bonds is 10. The average Bonchev–Trinajstić information content (AvgIpc) is 2.79. The van der Waals surface area contributed by atoms with Crippen LogP contribution in [-0.4, -0.2) is 49.0 Å². The van der Waals surface area contributed by atoms with Crippen molar-refractivity contribution in [1.82, 2.24) is 15.0 Å². The maximum Gasteiger partial charge on any atom is 0.250 e. The van der Waals surface area contributed by atoms with E-state index in [4.69, 9.17) is 9.47 Å². The molecule has 0 aliphatic rings. The van der Waals surface area contributed by atoms with Gasteiger partial charge in [-0.05, 0) is 36.2 Å². The van der Waals surface area contributed by atoms with Gasteiger partial charge in [-0.3, -0.25) is 0 Å². The summed E-state index contributed by atoms with van der Waals surface area (Å²) in [5.74, 6) is 2.66. The topological polar surface area (TPSA) is 96.8 Å². The van der Waals surface area contributed by atoms with Crippen LogP contribution in [0.2, 0.25) is 0 Å². The van der Waals surface area contributed by atoms with Crippen LogP contribution in [0.25, 0.3) is 0 Å². The molecule has 0 spiro atoms. The molecule has 9 nitrogen and oxygen atoms in total. The standard InChI is InChI=1S/C22H27N7O2/c1-5-31-18-12-11-17(13-19(18)30-4)15-24-28-21-25-20(26-22(27-21)29(2)3)23-14-16-9-7-6-8-10-16/h6-13,15H,5,14H2,1-4H3,(H2,23,25,26,27,28)/b24-15+. The number of anilines is 3. The second-order valence-corrected chi connectivity index (χ2v) is 6.73. The Kier molecular flexibility index (Phi) is 7.58. The second-order valence-electron chi connectivity index (χ2n) is 6.73. The maximum absolute atomic E-state index is 5.54. The maximum atomic E-state index is 5.54. The number of hydrogen-bond acceptors (Lipinski definition) is 9. The Balaban J connectivity index is 1.72. The molecule has 0 amide bonds. The molecule has 3 rings (SSSR count). The van der Waals surface area contributed by atoms with Crippen molar-refractivity contribution in [3.63, 3.8) is 0 Å². The van der Waals surface area contributed by atoms with E-state index in [1.54, 1.807) is 13.3 Å². The van der Waals surface area contributed by atoms with Gasteiger partial charge in [0.15, 0.2) is 11.5 Å². The van der Waals surface area contributed by atoms with Gasteiger partial charge in [0, 0.05) is 20.6 Å². The number of benzene rings is 2. The van der Waals surface area contributed by atoms with Crippen LogP contribution < -0.4 is 25.1 Å². The summed E-state index contributed by atoms with van der Waals surface area (Å²) in [6, 6.07) is 15.6. The molecule has 0 unspecified atom stereocenters. The van der Waals surface area contributed by atoms with Crippen LogP contribution in [0.1, 0.15) is 18.1 Å². The van der Waals surface area contributed by atoms with Crippen molar-refractivity contribution in [2.75, 3.05) is 43.5 Å². The monoisotopic (exact) mass is 421 g/mol. The number of ether oxygens (including phenoxy) is 2. The third kappa shape index (κ3) is 6.30. The molecule has 0 bridgehead atoms. The van der Waals surface area contributed by atoms with Crippen molar-refractivity contribution in [2.24, 2.45) is 5.10 Å². The lowest BCUT2D eigenvalue weighted by molar-refractivity contribution is 0.311. The Morgan fingerprint density at radius 3 is 2.48 bits per heavy atom. The Morgan fingerprint density at radius 2 is 1.77 bits per heavy atom. The Hall–Kier alpha value is -3.88. The fourth-order valence-corrected chi connectivity index (χ4v) is 2.67. The van der Waals surface area contributed by atoms with Crippen LogP contribution in [0.4, 0.5) is 17.8 Å².